The van der Waals surface area contributed by atoms with Gasteiger partial charge < -0.3 is 5.32 Å². The first kappa shape index (κ1) is 22.7. The van der Waals surface area contributed by atoms with Crippen molar-refractivity contribution in [2.75, 3.05) is 17.6 Å². The number of carbonyl (C=O) groups is 1. The number of nitrogens with one attached hydrogen (secondary N) is 1. The Hall–Kier alpha value is -3.08. The summed E-state index contributed by atoms with van der Waals surface area (Å²) in [7, 11) is -3.74. The summed E-state index contributed by atoms with van der Waals surface area (Å²) >= 11 is 6.73. The monoisotopic (exact) mass is 514 g/mol. The number of pyridine rings is 1. The molecule has 8 nitrogen and oxygen atoms in total. The number of carbonyl (C=O) groups excluding carboxylic acids is 1. The predicted octanol–water partition coefficient (Wildman–Crippen LogP) is 3.36. The SMILES string of the molecule is Cc1nc2cc3c(cc2c(=O)n1-c1ccc(CC(=O)CS(=O)(=O)c2ccc(Cl)s2)cn1)CCN3. The highest BCUT2D eigenvalue weighted by Crippen LogP contribution is 2.27. The van der Waals surface area contributed by atoms with Gasteiger partial charge in [-0.2, -0.15) is 0 Å². The van der Waals surface area contributed by atoms with Crippen molar-refractivity contribution in [1.29, 1.82) is 0 Å². The second kappa shape index (κ2) is 8.61. The van der Waals surface area contributed by atoms with E-state index in [2.05, 4.69) is 15.3 Å². The lowest BCUT2D eigenvalue weighted by Gasteiger charge is -2.11. The lowest BCUT2D eigenvalue weighted by molar-refractivity contribution is -0.116. The van der Waals surface area contributed by atoms with E-state index in [9.17, 15) is 18.0 Å². The van der Waals surface area contributed by atoms with Crippen molar-refractivity contribution in [3.63, 3.8) is 0 Å². The van der Waals surface area contributed by atoms with Gasteiger partial charge in [-0.15, -0.1) is 11.3 Å². The molecule has 1 N–H and O–H groups in total. The summed E-state index contributed by atoms with van der Waals surface area (Å²) in [5.74, 6) is -0.194. The van der Waals surface area contributed by atoms with Gasteiger partial charge in [-0.25, -0.2) is 23.0 Å². The summed E-state index contributed by atoms with van der Waals surface area (Å²) in [4.78, 5) is 34.6. The largest absolute Gasteiger partial charge is 0.384 e. The summed E-state index contributed by atoms with van der Waals surface area (Å²) in [6.07, 6.45) is 2.24. The fraction of sp³-hybridized carbons (Fsp3) is 0.217. The van der Waals surface area contributed by atoms with Crippen LogP contribution in [0, 0.1) is 6.92 Å². The number of rotatable bonds is 6. The zero-order chi connectivity index (χ0) is 24.0. The molecule has 174 valence electrons. The zero-order valence-corrected chi connectivity index (χ0v) is 20.4. The number of aromatic nitrogens is 3. The van der Waals surface area contributed by atoms with Crippen LogP contribution < -0.4 is 10.9 Å². The van der Waals surface area contributed by atoms with Crippen molar-refractivity contribution in [3.8, 4) is 5.82 Å². The number of ketones is 1. The van der Waals surface area contributed by atoms with Crippen LogP contribution in [0.25, 0.3) is 16.7 Å². The number of fused-ring (bicyclic) bond motifs is 2. The fourth-order valence-electron chi connectivity index (χ4n) is 4.04. The molecule has 0 unspecified atom stereocenters. The Labute approximate surface area is 204 Å². The maximum atomic E-state index is 13.2. The minimum Gasteiger partial charge on any atom is -0.384 e. The normalized spacial score (nSPS) is 13.1. The van der Waals surface area contributed by atoms with Crippen LogP contribution in [0.15, 0.2) is 51.6 Å². The van der Waals surface area contributed by atoms with Crippen molar-refractivity contribution in [3.05, 3.63) is 74.2 Å². The summed E-state index contributed by atoms with van der Waals surface area (Å²) in [5.41, 5.74) is 3.06. The van der Waals surface area contributed by atoms with Gasteiger partial charge in [0.1, 0.15) is 21.6 Å². The number of hydrogen-bond donors (Lipinski definition) is 1. The molecule has 1 aliphatic rings. The zero-order valence-electron chi connectivity index (χ0n) is 18.0. The van der Waals surface area contributed by atoms with Gasteiger partial charge in [-0.1, -0.05) is 17.7 Å². The minimum absolute atomic E-state index is 0.0689. The average Bonchev–Trinajstić information content (AvgIpc) is 3.42. The van der Waals surface area contributed by atoms with Gasteiger partial charge in [0.2, 0.25) is 0 Å². The number of aryl methyl sites for hydroxylation is 1. The van der Waals surface area contributed by atoms with Gasteiger partial charge in [0, 0.05) is 24.8 Å². The average molecular weight is 515 g/mol. The summed E-state index contributed by atoms with van der Waals surface area (Å²) in [5, 5.41) is 3.81. The third kappa shape index (κ3) is 4.24. The Balaban J connectivity index is 1.38. The van der Waals surface area contributed by atoms with Crippen molar-refractivity contribution < 1.29 is 13.2 Å². The molecule has 0 radical (unpaired) electrons. The van der Waals surface area contributed by atoms with E-state index in [0.29, 0.717) is 32.4 Å². The number of sulfone groups is 1. The first-order chi connectivity index (χ1) is 16.2. The molecule has 0 spiro atoms. The van der Waals surface area contributed by atoms with Crippen molar-refractivity contribution in [1.82, 2.24) is 14.5 Å². The number of anilines is 1. The molecule has 4 heterocycles. The van der Waals surface area contributed by atoms with Gasteiger partial charge in [0.25, 0.3) is 5.56 Å². The van der Waals surface area contributed by atoms with E-state index < -0.39 is 21.4 Å². The number of hydrogen-bond acceptors (Lipinski definition) is 8. The molecule has 5 rings (SSSR count). The minimum atomic E-state index is -3.74. The third-order valence-corrected chi connectivity index (χ3v) is 9.11. The molecule has 0 amide bonds. The molecule has 0 bridgehead atoms. The molecule has 0 aliphatic carbocycles. The Morgan fingerprint density at radius 3 is 2.76 bits per heavy atom. The van der Waals surface area contributed by atoms with Crippen LogP contribution >= 0.6 is 22.9 Å². The first-order valence-electron chi connectivity index (χ1n) is 10.5. The van der Waals surface area contributed by atoms with E-state index in [1.54, 1.807) is 19.1 Å². The van der Waals surface area contributed by atoms with Gasteiger partial charge in [0.15, 0.2) is 15.6 Å². The number of benzene rings is 1. The Kier molecular flexibility index (Phi) is 5.75. The number of thiophene rings is 1. The van der Waals surface area contributed by atoms with E-state index in [0.717, 1.165) is 35.6 Å². The van der Waals surface area contributed by atoms with Crippen molar-refractivity contribution in [2.45, 2.75) is 24.0 Å². The molecule has 34 heavy (non-hydrogen) atoms. The highest BCUT2D eigenvalue weighted by molar-refractivity contribution is 7.94. The van der Waals surface area contributed by atoms with Crippen LogP contribution in [0.5, 0.6) is 0 Å². The molecule has 0 atom stereocenters. The molecule has 1 aromatic carbocycles. The molecule has 0 fully saturated rings. The van der Waals surface area contributed by atoms with E-state index in [4.69, 9.17) is 11.6 Å². The van der Waals surface area contributed by atoms with Crippen LogP contribution in [-0.4, -0.2) is 41.0 Å². The highest BCUT2D eigenvalue weighted by atomic mass is 35.5. The molecule has 4 aromatic rings. The van der Waals surface area contributed by atoms with Crippen LogP contribution in [-0.2, 0) is 27.5 Å². The second-order valence-electron chi connectivity index (χ2n) is 8.06. The number of Topliss-reactive ketones (excluding diaryl/α,β-unsaturated/α-hetero) is 1. The van der Waals surface area contributed by atoms with E-state index in [-0.39, 0.29) is 16.2 Å². The van der Waals surface area contributed by atoms with Crippen LogP contribution in [0.3, 0.4) is 0 Å². The summed E-state index contributed by atoms with van der Waals surface area (Å²) in [6, 6.07) is 9.96. The topological polar surface area (TPSA) is 111 Å². The van der Waals surface area contributed by atoms with Gasteiger partial charge in [-0.05, 0) is 54.8 Å². The summed E-state index contributed by atoms with van der Waals surface area (Å²) < 4.78 is 26.7. The molecular formula is C23H19ClN4O4S2. The van der Waals surface area contributed by atoms with Crippen LogP contribution in [0.2, 0.25) is 4.34 Å². The molecule has 3 aromatic heterocycles. The first-order valence-corrected chi connectivity index (χ1v) is 13.3. The standard InChI is InChI=1S/C23H19ClN4O4S2/c1-13-27-19-10-18-15(6-7-25-18)9-17(19)23(30)28(13)21-4-2-14(11-26-21)8-16(29)12-34(31,32)22-5-3-20(24)33-22/h2-5,9-11,25H,6-8,12H2,1H3. The summed E-state index contributed by atoms with van der Waals surface area (Å²) in [6.45, 7) is 2.57. The second-order valence-corrected chi connectivity index (χ2v) is 12.0. The molecule has 11 heteroatoms. The fourth-order valence-corrected chi connectivity index (χ4v) is 6.85. The van der Waals surface area contributed by atoms with Gasteiger partial charge in [0.05, 0.1) is 15.2 Å². The smallest absolute Gasteiger partial charge is 0.267 e. The van der Waals surface area contributed by atoms with E-state index in [1.165, 1.54) is 22.9 Å². The Morgan fingerprint density at radius 1 is 1.24 bits per heavy atom. The quantitative estimate of drug-likeness (QED) is 0.420. The Bertz CT molecular complexity index is 1610. The maximum absolute atomic E-state index is 13.2. The lowest BCUT2D eigenvalue weighted by Crippen LogP contribution is -2.23. The Morgan fingerprint density at radius 2 is 2.06 bits per heavy atom. The lowest BCUT2D eigenvalue weighted by atomic mass is 10.1. The van der Waals surface area contributed by atoms with Gasteiger partial charge in [-0.3, -0.25) is 9.59 Å². The maximum Gasteiger partial charge on any atom is 0.267 e. The van der Waals surface area contributed by atoms with E-state index in [1.807, 2.05) is 12.1 Å². The number of halogens is 1. The van der Waals surface area contributed by atoms with Gasteiger partial charge >= 0.3 is 0 Å². The predicted molar refractivity (Wildman–Crippen MR) is 132 cm³/mol. The van der Waals surface area contributed by atoms with Crippen LogP contribution in [0.4, 0.5) is 5.69 Å². The molecule has 0 saturated heterocycles. The van der Waals surface area contributed by atoms with Crippen molar-refractivity contribution in [2.24, 2.45) is 0 Å². The molecular weight excluding hydrogens is 496 g/mol. The van der Waals surface area contributed by atoms with Crippen molar-refractivity contribution >= 4 is 55.1 Å². The van der Waals surface area contributed by atoms with E-state index >= 15 is 0 Å². The van der Waals surface area contributed by atoms with Crippen LogP contribution in [0.1, 0.15) is 17.0 Å². The highest BCUT2D eigenvalue weighted by Gasteiger charge is 2.22. The molecule has 1 aliphatic heterocycles. The number of nitrogens with zero attached hydrogens (tertiary/aromatic N) is 3. The molecule has 0 saturated carbocycles. The third-order valence-electron chi connectivity index (χ3n) is 5.62.